The molecule has 6 heteroatoms. The molecule has 1 aromatic heterocycles. The van der Waals surface area contributed by atoms with Crippen molar-refractivity contribution in [2.24, 2.45) is 5.92 Å². The monoisotopic (exact) mass is 265 g/mol. The second-order valence-corrected chi connectivity index (χ2v) is 5.49. The standard InChI is InChI=1S/C13H19N3O3/c1-4-13-6-18-9(8(13)3)11(19-13)16-5-7(2)10(14)15-12(16)17/h5,8-9,11H,4,6H2,1-3H3,(H2,14,15,17)/t8?,9-,11+,13-/m0/s1. The zero-order valence-electron chi connectivity index (χ0n) is 11.4. The molecule has 3 rings (SSSR count). The van der Waals surface area contributed by atoms with Crippen LogP contribution in [-0.4, -0.2) is 27.9 Å². The number of nitrogen functional groups attached to an aromatic ring is 1. The van der Waals surface area contributed by atoms with Gasteiger partial charge in [-0.25, -0.2) is 4.79 Å². The van der Waals surface area contributed by atoms with Gasteiger partial charge in [0, 0.05) is 17.7 Å². The Morgan fingerprint density at radius 1 is 1.63 bits per heavy atom. The van der Waals surface area contributed by atoms with E-state index in [1.807, 2.05) is 6.92 Å². The second kappa shape index (κ2) is 4.05. The van der Waals surface area contributed by atoms with Crippen LogP contribution in [-0.2, 0) is 9.47 Å². The third-order valence-electron chi connectivity index (χ3n) is 4.53. The number of rotatable bonds is 2. The van der Waals surface area contributed by atoms with E-state index in [2.05, 4.69) is 18.8 Å². The first-order valence-corrected chi connectivity index (χ1v) is 6.63. The number of nitrogens with two attached hydrogens (primary N) is 1. The molecular weight excluding hydrogens is 246 g/mol. The van der Waals surface area contributed by atoms with Crippen LogP contribution in [0.1, 0.15) is 32.1 Å². The summed E-state index contributed by atoms with van der Waals surface area (Å²) in [6.45, 7) is 6.62. The molecule has 0 amide bonds. The van der Waals surface area contributed by atoms with Gasteiger partial charge in [0.1, 0.15) is 11.9 Å². The normalized spacial score (nSPS) is 36.9. The van der Waals surface area contributed by atoms with E-state index in [0.29, 0.717) is 6.61 Å². The van der Waals surface area contributed by atoms with E-state index in [1.54, 1.807) is 6.20 Å². The summed E-state index contributed by atoms with van der Waals surface area (Å²) in [6, 6.07) is 0. The Morgan fingerprint density at radius 3 is 3.00 bits per heavy atom. The van der Waals surface area contributed by atoms with Gasteiger partial charge in [-0.3, -0.25) is 4.57 Å². The Bertz CT molecular complexity index is 571. The van der Waals surface area contributed by atoms with Crippen molar-refractivity contribution in [3.63, 3.8) is 0 Å². The predicted molar refractivity (Wildman–Crippen MR) is 69.7 cm³/mol. The maximum absolute atomic E-state index is 12.0. The van der Waals surface area contributed by atoms with Crippen LogP contribution in [0.15, 0.2) is 11.0 Å². The molecule has 0 saturated carbocycles. The molecule has 2 aliphatic heterocycles. The molecule has 6 nitrogen and oxygen atoms in total. The number of hydrogen-bond acceptors (Lipinski definition) is 5. The van der Waals surface area contributed by atoms with E-state index in [1.165, 1.54) is 4.57 Å². The molecule has 1 unspecified atom stereocenters. The summed E-state index contributed by atoms with van der Waals surface area (Å²) in [5, 5.41) is 0. The third kappa shape index (κ3) is 1.63. The third-order valence-corrected chi connectivity index (χ3v) is 4.53. The van der Waals surface area contributed by atoms with Gasteiger partial charge in [0.25, 0.3) is 0 Å². The minimum atomic E-state index is -0.400. The molecule has 0 aromatic carbocycles. The lowest BCUT2D eigenvalue weighted by Gasteiger charge is -2.31. The van der Waals surface area contributed by atoms with E-state index in [4.69, 9.17) is 15.2 Å². The number of anilines is 1. The Kier molecular flexibility index (Phi) is 2.69. The summed E-state index contributed by atoms with van der Waals surface area (Å²) >= 11 is 0. The molecule has 4 atom stereocenters. The molecule has 0 aliphatic carbocycles. The van der Waals surface area contributed by atoms with Crippen LogP contribution >= 0.6 is 0 Å². The summed E-state index contributed by atoms with van der Waals surface area (Å²) < 4.78 is 13.4. The molecule has 2 fully saturated rings. The summed E-state index contributed by atoms with van der Waals surface area (Å²) in [5.41, 5.74) is 5.75. The molecule has 1 aromatic rings. The highest BCUT2D eigenvalue weighted by atomic mass is 16.6. The Labute approximate surface area is 111 Å². The number of fused-ring (bicyclic) bond motifs is 2. The number of aromatic nitrogens is 2. The maximum Gasteiger partial charge on any atom is 0.351 e. The Hall–Kier alpha value is -1.40. The van der Waals surface area contributed by atoms with Crippen molar-refractivity contribution >= 4 is 5.82 Å². The van der Waals surface area contributed by atoms with Crippen LogP contribution in [0.5, 0.6) is 0 Å². The van der Waals surface area contributed by atoms with Crippen LogP contribution in [0, 0.1) is 12.8 Å². The van der Waals surface area contributed by atoms with E-state index < -0.39 is 6.23 Å². The quantitative estimate of drug-likeness (QED) is 0.857. The van der Waals surface area contributed by atoms with E-state index in [0.717, 1.165) is 12.0 Å². The number of hydrogen-bond donors (Lipinski definition) is 1. The smallest absolute Gasteiger partial charge is 0.351 e. The molecule has 0 spiro atoms. The van der Waals surface area contributed by atoms with Crippen molar-refractivity contribution in [3.8, 4) is 0 Å². The van der Waals surface area contributed by atoms with Gasteiger partial charge in [0.05, 0.1) is 12.2 Å². The number of aryl methyl sites for hydroxylation is 1. The summed E-state index contributed by atoms with van der Waals surface area (Å²) in [6.07, 6.45) is 2.08. The molecule has 3 heterocycles. The van der Waals surface area contributed by atoms with Crippen molar-refractivity contribution in [1.29, 1.82) is 0 Å². The lowest BCUT2D eigenvalue weighted by molar-refractivity contribution is -0.174. The first-order valence-electron chi connectivity index (χ1n) is 6.63. The van der Waals surface area contributed by atoms with Gasteiger partial charge < -0.3 is 15.2 Å². The van der Waals surface area contributed by atoms with Crippen molar-refractivity contribution in [3.05, 3.63) is 22.2 Å². The van der Waals surface area contributed by atoms with Crippen LogP contribution in [0.4, 0.5) is 5.82 Å². The van der Waals surface area contributed by atoms with Gasteiger partial charge in [0.15, 0.2) is 6.23 Å². The first kappa shape index (κ1) is 12.6. The minimum absolute atomic E-state index is 0.0949. The largest absolute Gasteiger partial charge is 0.383 e. The zero-order valence-corrected chi connectivity index (χ0v) is 11.4. The highest BCUT2D eigenvalue weighted by Crippen LogP contribution is 2.50. The SMILES string of the molecule is CC[C@]12CO[C@@H](C1C)[C@H](n1cc(C)c(N)nc1=O)O2. The van der Waals surface area contributed by atoms with Crippen LogP contribution in [0.3, 0.4) is 0 Å². The van der Waals surface area contributed by atoms with Gasteiger partial charge in [0.2, 0.25) is 0 Å². The predicted octanol–water partition coefficient (Wildman–Crippen LogP) is 0.846. The molecule has 104 valence electrons. The Morgan fingerprint density at radius 2 is 2.37 bits per heavy atom. The first-order chi connectivity index (χ1) is 8.98. The molecule has 2 aliphatic rings. The van der Waals surface area contributed by atoms with Crippen LogP contribution in [0.25, 0.3) is 0 Å². The summed E-state index contributed by atoms with van der Waals surface area (Å²) in [7, 11) is 0. The van der Waals surface area contributed by atoms with Gasteiger partial charge >= 0.3 is 5.69 Å². The minimum Gasteiger partial charge on any atom is -0.383 e. The number of nitrogens with zero attached hydrogens (tertiary/aromatic N) is 2. The summed E-state index contributed by atoms with van der Waals surface area (Å²) in [5.74, 6) is 0.538. The fraction of sp³-hybridized carbons (Fsp3) is 0.692. The van der Waals surface area contributed by atoms with Gasteiger partial charge in [-0.2, -0.15) is 4.98 Å². The molecule has 2 saturated heterocycles. The molecular formula is C13H19N3O3. The second-order valence-electron chi connectivity index (χ2n) is 5.49. The molecule has 2 bridgehead atoms. The van der Waals surface area contributed by atoms with Crippen molar-refractivity contribution < 1.29 is 9.47 Å². The topological polar surface area (TPSA) is 79.4 Å². The fourth-order valence-corrected chi connectivity index (χ4v) is 3.07. The maximum atomic E-state index is 12.0. The lowest BCUT2D eigenvalue weighted by atomic mass is 9.88. The molecule has 2 N–H and O–H groups in total. The molecule has 0 radical (unpaired) electrons. The van der Waals surface area contributed by atoms with E-state index in [-0.39, 0.29) is 29.1 Å². The highest BCUT2D eigenvalue weighted by molar-refractivity contribution is 5.35. The highest BCUT2D eigenvalue weighted by Gasteiger charge is 2.58. The van der Waals surface area contributed by atoms with Crippen molar-refractivity contribution in [2.45, 2.75) is 45.1 Å². The Balaban J connectivity index is 2.02. The lowest BCUT2D eigenvalue weighted by Crippen LogP contribution is -2.39. The summed E-state index contributed by atoms with van der Waals surface area (Å²) in [4.78, 5) is 15.8. The van der Waals surface area contributed by atoms with E-state index >= 15 is 0 Å². The van der Waals surface area contributed by atoms with Gasteiger partial charge in [-0.05, 0) is 13.3 Å². The van der Waals surface area contributed by atoms with E-state index in [9.17, 15) is 4.79 Å². The van der Waals surface area contributed by atoms with Gasteiger partial charge in [-0.1, -0.05) is 13.8 Å². The van der Waals surface area contributed by atoms with Gasteiger partial charge in [-0.15, -0.1) is 0 Å². The van der Waals surface area contributed by atoms with Crippen molar-refractivity contribution in [1.82, 2.24) is 9.55 Å². The zero-order chi connectivity index (χ0) is 13.8. The molecule has 19 heavy (non-hydrogen) atoms. The van der Waals surface area contributed by atoms with Crippen LogP contribution in [0.2, 0.25) is 0 Å². The number of ether oxygens (including phenoxy) is 2. The average molecular weight is 265 g/mol. The van der Waals surface area contributed by atoms with Crippen molar-refractivity contribution in [2.75, 3.05) is 12.3 Å². The fourth-order valence-electron chi connectivity index (χ4n) is 3.07. The van der Waals surface area contributed by atoms with Crippen LogP contribution < -0.4 is 11.4 Å². The average Bonchev–Trinajstić information content (AvgIpc) is 2.85.